The zero-order valence-corrected chi connectivity index (χ0v) is 18.1. The molecule has 1 fully saturated rings. The standard InChI is InChI=1S/C26H25N3O3/c1-26-16-22(21-13-6-7-14-23(21)32-26)27-25(31)29(26)20-12-8-11-19(15-20)24(30)28(2)17-18-9-4-3-5-10-18/h3-15,22H,16-17H2,1-2H3,(H,27,31)/t22-,26+/m0/s1. The second kappa shape index (κ2) is 7.71. The van der Waals surface area contributed by atoms with Crippen molar-refractivity contribution < 1.29 is 14.3 Å². The molecule has 0 aliphatic carbocycles. The number of rotatable bonds is 4. The molecular weight excluding hydrogens is 402 g/mol. The summed E-state index contributed by atoms with van der Waals surface area (Å²) in [5.74, 6) is 0.664. The average Bonchev–Trinajstić information content (AvgIpc) is 2.79. The Balaban J connectivity index is 1.43. The van der Waals surface area contributed by atoms with Crippen LogP contribution in [0.5, 0.6) is 5.75 Å². The SMILES string of the molecule is CN(Cc1ccccc1)C(=O)c1cccc(N2C(=O)N[C@H]3C[C@@]2(C)Oc2ccccc23)c1. The molecule has 1 saturated heterocycles. The monoisotopic (exact) mass is 427 g/mol. The summed E-state index contributed by atoms with van der Waals surface area (Å²) in [5, 5.41) is 3.09. The lowest BCUT2D eigenvalue weighted by molar-refractivity contribution is 0.0378. The zero-order chi connectivity index (χ0) is 22.3. The second-order valence-corrected chi connectivity index (χ2v) is 8.55. The molecule has 6 nitrogen and oxygen atoms in total. The fourth-order valence-electron chi connectivity index (χ4n) is 4.64. The number of ether oxygens (including phenoxy) is 1. The van der Waals surface area contributed by atoms with Crippen molar-refractivity contribution in [2.24, 2.45) is 0 Å². The number of anilines is 1. The minimum atomic E-state index is -0.848. The molecule has 2 aliphatic rings. The van der Waals surface area contributed by atoms with E-state index in [-0.39, 0.29) is 18.0 Å². The van der Waals surface area contributed by atoms with Gasteiger partial charge in [0.1, 0.15) is 5.75 Å². The van der Waals surface area contributed by atoms with Crippen molar-refractivity contribution in [2.45, 2.75) is 31.7 Å². The predicted molar refractivity (Wildman–Crippen MR) is 123 cm³/mol. The largest absolute Gasteiger partial charge is 0.467 e. The van der Waals surface area contributed by atoms with Crippen LogP contribution in [0.15, 0.2) is 78.9 Å². The van der Waals surface area contributed by atoms with E-state index in [1.807, 2.05) is 67.6 Å². The summed E-state index contributed by atoms with van der Waals surface area (Å²) in [4.78, 5) is 29.5. The molecule has 5 rings (SSSR count). The number of nitrogens with zero attached hydrogens (tertiary/aromatic N) is 2. The van der Waals surface area contributed by atoms with Crippen molar-refractivity contribution in [1.29, 1.82) is 0 Å². The second-order valence-electron chi connectivity index (χ2n) is 8.55. The van der Waals surface area contributed by atoms with Crippen LogP contribution in [0.25, 0.3) is 0 Å². The molecule has 0 spiro atoms. The van der Waals surface area contributed by atoms with Gasteiger partial charge in [0.05, 0.1) is 11.7 Å². The number of carbonyl (C=O) groups excluding carboxylic acids is 2. The summed E-state index contributed by atoms with van der Waals surface area (Å²) >= 11 is 0. The van der Waals surface area contributed by atoms with Gasteiger partial charge >= 0.3 is 6.03 Å². The Kier molecular flexibility index (Phi) is 4.85. The summed E-state index contributed by atoms with van der Waals surface area (Å²) in [6.45, 7) is 2.43. The molecule has 2 bridgehead atoms. The third-order valence-corrected chi connectivity index (χ3v) is 6.14. The van der Waals surface area contributed by atoms with Gasteiger partial charge in [0.15, 0.2) is 5.72 Å². The van der Waals surface area contributed by atoms with Crippen LogP contribution in [0.1, 0.15) is 40.9 Å². The molecular formula is C26H25N3O3. The first-order chi connectivity index (χ1) is 15.4. The first-order valence-electron chi connectivity index (χ1n) is 10.7. The lowest BCUT2D eigenvalue weighted by Crippen LogP contribution is -2.65. The molecule has 0 aromatic heterocycles. The van der Waals surface area contributed by atoms with Crippen molar-refractivity contribution in [3.63, 3.8) is 0 Å². The van der Waals surface area contributed by atoms with Gasteiger partial charge < -0.3 is 15.0 Å². The Morgan fingerprint density at radius 2 is 1.84 bits per heavy atom. The Morgan fingerprint density at radius 3 is 2.66 bits per heavy atom. The van der Waals surface area contributed by atoms with Crippen LogP contribution in [0.3, 0.4) is 0 Å². The van der Waals surface area contributed by atoms with Crippen LogP contribution in [-0.4, -0.2) is 29.6 Å². The molecule has 0 radical (unpaired) electrons. The number of fused-ring (bicyclic) bond motifs is 4. The minimum Gasteiger partial charge on any atom is -0.467 e. The number of benzene rings is 3. The zero-order valence-electron chi connectivity index (χ0n) is 18.1. The van der Waals surface area contributed by atoms with Gasteiger partial charge in [-0.25, -0.2) is 4.79 Å². The van der Waals surface area contributed by atoms with Gasteiger partial charge in [0.2, 0.25) is 0 Å². The normalized spacial score (nSPS) is 21.2. The summed E-state index contributed by atoms with van der Waals surface area (Å²) in [6, 6.07) is 24.5. The van der Waals surface area contributed by atoms with E-state index < -0.39 is 5.72 Å². The molecule has 3 aromatic rings. The van der Waals surface area contributed by atoms with E-state index in [0.717, 1.165) is 16.9 Å². The molecule has 2 atom stereocenters. The Morgan fingerprint density at radius 1 is 1.09 bits per heavy atom. The quantitative estimate of drug-likeness (QED) is 0.655. The third kappa shape index (κ3) is 3.47. The highest BCUT2D eigenvalue weighted by Gasteiger charge is 2.49. The van der Waals surface area contributed by atoms with Gasteiger partial charge in [-0.05, 0) is 36.8 Å². The summed E-state index contributed by atoms with van der Waals surface area (Å²) in [5.41, 5.74) is 2.35. The first kappa shape index (κ1) is 20.1. The number of urea groups is 1. The summed E-state index contributed by atoms with van der Waals surface area (Å²) < 4.78 is 6.32. The highest BCUT2D eigenvalue weighted by atomic mass is 16.5. The molecule has 32 heavy (non-hydrogen) atoms. The maximum absolute atomic E-state index is 13.1. The molecule has 1 N–H and O–H groups in total. The molecule has 2 aliphatic heterocycles. The van der Waals surface area contributed by atoms with Gasteiger partial charge in [0, 0.05) is 31.1 Å². The van der Waals surface area contributed by atoms with Gasteiger partial charge in [0.25, 0.3) is 5.91 Å². The molecule has 162 valence electrons. The van der Waals surface area contributed by atoms with Gasteiger partial charge in [-0.1, -0.05) is 54.6 Å². The van der Waals surface area contributed by atoms with Gasteiger partial charge in [-0.2, -0.15) is 0 Å². The van der Waals surface area contributed by atoms with Crippen molar-refractivity contribution in [3.8, 4) is 5.75 Å². The number of hydrogen-bond acceptors (Lipinski definition) is 3. The van der Waals surface area contributed by atoms with Crippen LogP contribution >= 0.6 is 0 Å². The smallest absolute Gasteiger partial charge is 0.325 e. The molecule has 0 unspecified atom stereocenters. The van der Waals surface area contributed by atoms with E-state index in [2.05, 4.69) is 5.32 Å². The van der Waals surface area contributed by atoms with Crippen molar-refractivity contribution in [1.82, 2.24) is 10.2 Å². The van der Waals surface area contributed by atoms with Crippen molar-refractivity contribution in [3.05, 3.63) is 95.6 Å². The first-order valence-corrected chi connectivity index (χ1v) is 10.7. The van der Waals surface area contributed by atoms with Crippen LogP contribution in [0.2, 0.25) is 0 Å². The molecule has 2 heterocycles. The fraction of sp³-hybridized carbons (Fsp3) is 0.231. The predicted octanol–water partition coefficient (Wildman–Crippen LogP) is 4.73. The number of hydrogen-bond donors (Lipinski definition) is 1. The highest BCUT2D eigenvalue weighted by Crippen LogP contribution is 2.45. The van der Waals surface area contributed by atoms with Crippen LogP contribution < -0.4 is 15.0 Å². The highest BCUT2D eigenvalue weighted by molar-refractivity contribution is 5.98. The topological polar surface area (TPSA) is 61.9 Å². The molecule has 0 saturated carbocycles. The number of nitrogens with one attached hydrogen (secondary N) is 1. The van der Waals surface area contributed by atoms with E-state index >= 15 is 0 Å². The van der Waals surface area contributed by atoms with Crippen molar-refractivity contribution >= 4 is 17.6 Å². The Hall–Kier alpha value is -3.80. The molecule has 3 aromatic carbocycles. The average molecular weight is 428 g/mol. The van der Waals surface area contributed by atoms with E-state index in [1.54, 1.807) is 35.0 Å². The van der Waals surface area contributed by atoms with E-state index in [4.69, 9.17) is 4.74 Å². The number of carbonyl (C=O) groups is 2. The van der Waals surface area contributed by atoms with Crippen LogP contribution in [0, 0.1) is 0 Å². The maximum atomic E-state index is 13.1. The van der Waals surface area contributed by atoms with Gasteiger partial charge in [-0.3, -0.25) is 9.69 Å². The van der Waals surface area contributed by atoms with E-state index in [0.29, 0.717) is 24.2 Å². The maximum Gasteiger partial charge on any atom is 0.325 e. The van der Waals surface area contributed by atoms with E-state index in [1.165, 1.54) is 0 Å². The lowest BCUT2D eigenvalue weighted by Gasteiger charge is -2.50. The Bertz CT molecular complexity index is 1180. The number of amides is 3. The third-order valence-electron chi connectivity index (χ3n) is 6.14. The van der Waals surface area contributed by atoms with Gasteiger partial charge in [-0.15, -0.1) is 0 Å². The molecule has 6 heteroatoms. The summed E-state index contributed by atoms with van der Waals surface area (Å²) in [6.07, 6.45) is 0.613. The minimum absolute atomic E-state index is 0.101. The fourth-order valence-corrected chi connectivity index (χ4v) is 4.64. The number of para-hydroxylation sites is 1. The Labute approximate surface area is 187 Å². The molecule has 3 amide bonds. The van der Waals surface area contributed by atoms with Crippen LogP contribution in [-0.2, 0) is 6.54 Å². The lowest BCUT2D eigenvalue weighted by atomic mass is 9.90. The van der Waals surface area contributed by atoms with Crippen LogP contribution in [0.4, 0.5) is 10.5 Å². The van der Waals surface area contributed by atoms with Crippen molar-refractivity contribution in [2.75, 3.05) is 11.9 Å². The summed E-state index contributed by atoms with van der Waals surface area (Å²) in [7, 11) is 1.78. The van der Waals surface area contributed by atoms with E-state index in [9.17, 15) is 9.59 Å².